The molecule has 90 valence electrons. The summed E-state index contributed by atoms with van der Waals surface area (Å²) < 4.78 is 4.45. The lowest BCUT2D eigenvalue weighted by atomic mass is 10.1. The van der Waals surface area contributed by atoms with Gasteiger partial charge in [0.2, 0.25) is 0 Å². The number of allylic oxidation sites excluding steroid dienone is 4. The van der Waals surface area contributed by atoms with Crippen LogP contribution in [0.5, 0.6) is 0 Å². The molecule has 0 aliphatic rings. The van der Waals surface area contributed by atoms with Crippen molar-refractivity contribution < 1.29 is 14.3 Å². The second-order valence-electron chi connectivity index (χ2n) is 3.38. The lowest BCUT2D eigenvalue weighted by Crippen LogP contribution is -2.02. The van der Waals surface area contributed by atoms with Gasteiger partial charge in [0.15, 0.2) is 0 Å². The van der Waals surface area contributed by atoms with E-state index in [9.17, 15) is 9.59 Å². The standard InChI is InChI=1S/C13H20O3/c1-2-3-4-5-6-7-8-9-13(15)10-11-16-12-14/h3-4,6-7,12H,2,5,8-11H2,1H3/b4-3-,7-6-. The Bertz CT molecular complexity index is 242. The molecule has 0 aromatic carbocycles. The van der Waals surface area contributed by atoms with Gasteiger partial charge in [-0.2, -0.15) is 0 Å². The van der Waals surface area contributed by atoms with Gasteiger partial charge in [-0.1, -0.05) is 31.2 Å². The van der Waals surface area contributed by atoms with Crippen molar-refractivity contribution in [3.8, 4) is 0 Å². The molecule has 0 saturated carbocycles. The van der Waals surface area contributed by atoms with Crippen molar-refractivity contribution in [2.75, 3.05) is 6.61 Å². The SMILES string of the molecule is CC/C=C\C/C=C\CCC(=O)CCOC=O. The normalized spacial score (nSPS) is 11.1. The molecule has 0 atom stereocenters. The number of Topliss-reactive ketones (excluding diaryl/α,β-unsaturated/α-hetero) is 1. The first kappa shape index (κ1) is 14.6. The number of ketones is 1. The Morgan fingerprint density at radius 1 is 1.12 bits per heavy atom. The predicted octanol–water partition coefficient (Wildman–Crippen LogP) is 2.81. The molecular weight excluding hydrogens is 204 g/mol. The Balaban J connectivity index is 3.39. The Morgan fingerprint density at radius 3 is 2.56 bits per heavy atom. The van der Waals surface area contributed by atoms with Gasteiger partial charge in [-0.3, -0.25) is 9.59 Å². The Morgan fingerprint density at radius 2 is 1.88 bits per heavy atom. The van der Waals surface area contributed by atoms with Crippen molar-refractivity contribution >= 4 is 12.3 Å². The zero-order chi connectivity index (χ0) is 12.1. The molecule has 0 aromatic heterocycles. The van der Waals surface area contributed by atoms with Crippen LogP contribution in [0.15, 0.2) is 24.3 Å². The highest BCUT2D eigenvalue weighted by Gasteiger charge is 1.99. The maximum atomic E-state index is 11.2. The fourth-order valence-corrected chi connectivity index (χ4v) is 1.15. The summed E-state index contributed by atoms with van der Waals surface area (Å²) >= 11 is 0. The van der Waals surface area contributed by atoms with Gasteiger partial charge in [0.25, 0.3) is 6.47 Å². The van der Waals surface area contributed by atoms with Gasteiger partial charge in [-0.15, -0.1) is 0 Å². The zero-order valence-electron chi connectivity index (χ0n) is 9.85. The van der Waals surface area contributed by atoms with Crippen molar-refractivity contribution in [1.29, 1.82) is 0 Å². The number of ether oxygens (including phenoxy) is 1. The molecule has 0 rings (SSSR count). The largest absolute Gasteiger partial charge is 0.467 e. The highest BCUT2D eigenvalue weighted by Crippen LogP contribution is 1.98. The summed E-state index contributed by atoms with van der Waals surface area (Å²) in [7, 11) is 0. The molecular formula is C13H20O3. The molecule has 3 nitrogen and oxygen atoms in total. The molecule has 0 fully saturated rings. The Hall–Kier alpha value is -1.38. The summed E-state index contributed by atoms with van der Waals surface area (Å²) in [5, 5.41) is 0. The molecule has 16 heavy (non-hydrogen) atoms. The number of rotatable bonds is 10. The molecule has 0 aromatic rings. The van der Waals surface area contributed by atoms with E-state index in [1.807, 2.05) is 6.08 Å². The lowest BCUT2D eigenvalue weighted by Gasteiger charge is -1.97. The second-order valence-corrected chi connectivity index (χ2v) is 3.38. The van der Waals surface area contributed by atoms with Crippen molar-refractivity contribution in [2.24, 2.45) is 0 Å². The molecule has 0 unspecified atom stereocenters. The van der Waals surface area contributed by atoms with E-state index in [4.69, 9.17) is 0 Å². The van der Waals surface area contributed by atoms with Crippen LogP contribution in [-0.4, -0.2) is 18.9 Å². The summed E-state index contributed by atoms with van der Waals surface area (Å²) in [5.41, 5.74) is 0. The van der Waals surface area contributed by atoms with Crippen molar-refractivity contribution in [2.45, 2.75) is 39.0 Å². The highest BCUT2D eigenvalue weighted by atomic mass is 16.5. The number of hydrogen-bond acceptors (Lipinski definition) is 3. The van der Waals surface area contributed by atoms with Crippen LogP contribution in [0.1, 0.15) is 39.0 Å². The van der Waals surface area contributed by atoms with E-state index < -0.39 is 0 Å². The van der Waals surface area contributed by atoms with Crippen molar-refractivity contribution in [1.82, 2.24) is 0 Å². The molecule has 0 aliphatic carbocycles. The Kier molecular flexibility index (Phi) is 10.7. The van der Waals surface area contributed by atoms with Gasteiger partial charge in [0, 0.05) is 12.8 Å². The molecule has 0 radical (unpaired) electrons. The molecule has 0 spiro atoms. The average molecular weight is 224 g/mol. The van der Waals surface area contributed by atoms with Gasteiger partial charge < -0.3 is 4.74 Å². The van der Waals surface area contributed by atoms with E-state index in [1.54, 1.807) is 0 Å². The first-order valence-electron chi connectivity index (χ1n) is 5.68. The summed E-state index contributed by atoms with van der Waals surface area (Å²) in [6.45, 7) is 2.67. The van der Waals surface area contributed by atoms with Gasteiger partial charge >= 0.3 is 0 Å². The fourth-order valence-electron chi connectivity index (χ4n) is 1.15. The first-order valence-corrected chi connectivity index (χ1v) is 5.68. The first-order chi connectivity index (χ1) is 7.81. The molecule has 0 N–H and O–H groups in total. The summed E-state index contributed by atoms with van der Waals surface area (Å²) in [6.07, 6.45) is 11.9. The molecule has 0 aliphatic heterocycles. The van der Waals surface area contributed by atoms with Crippen LogP contribution in [0.4, 0.5) is 0 Å². The summed E-state index contributed by atoms with van der Waals surface area (Å²) in [6, 6.07) is 0. The van der Waals surface area contributed by atoms with E-state index in [1.165, 1.54) is 0 Å². The van der Waals surface area contributed by atoms with Gasteiger partial charge in [0.05, 0.1) is 6.61 Å². The molecule has 0 amide bonds. The van der Waals surface area contributed by atoms with E-state index in [0.717, 1.165) is 19.3 Å². The van der Waals surface area contributed by atoms with Crippen LogP contribution in [0.2, 0.25) is 0 Å². The van der Waals surface area contributed by atoms with Gasteiger partial charge in [-0.05, 0) is 19.3 Å². The predicted molar refractivity (Wildman–Crippen MR) is 64.1 cm³/mol. The minimum absolute atomic E-state index is 0.135. The van der Waals surface area contributed by atoms with Crippen LogP contribution in [0, 0.1) is 0 Å². The van der Waals surface area contributed by atoms with E-state index in [0.29, 0.717) is 19.3 Å². The van der Waals surface area contributed by atoms with Crippen molar-refractivity contribution in [3.05, 3.63) is 24.3 Å². The monoisotopic (exact) mass is 224 g/mol. The average Bonchev–Trinajstić information content (AvgIpc) is 2.28. The number of carbonyl (C=O) groups is 2. The van der Waals surface area contributed by atoms with Crippen LogP contribution in [-0.2, 0) is 14.3 Å². The van der Waals surface area contributed by atoms with Gasteiger partial charge in [-0.25, -0.2) is 0 Å². The van der Waals surface area contributed by atoms with Crippen LogP contribution in [0.3, 0.4) is 0 Å². The molecule has 3 heteroatoms. The zero-order valence-corrected chi connectivity index (χ0v) is 9.85. The highest BCUT2D eigenvalue weighted by molar-refractivity contribution is 5.78. The third-order valence-electron chi connectivity index (χ3n) is 2.00. The van der Waals surface area contributed by atoms with E-state index in [-0.39, 0.29) is 12.4 Å². The maximum Gasteiger partial charge on any atom is 0.293 e. The van der Waals surface area contributed by atoms with Crippen LogP contribution >= 0.6 is 0 Å². The maximum absolute atomic E-state index is 11.2. The minimum Gasteiger partial charge on any atom is -0.467 e. The smallest absolute Gasteiger partial charge is 0.293 e. The molecule has 0 saturated heterocycles. The fraction of sp³-hybridized carbons (Fsp3) is 0.538. The lowest BCUT2D eigenvalue weighted by molar-refractivity contribution is -0.130. The Labute approximate surface area is 97.2 Å². The third-order valence-corrected chi connectivity index (χ3v) is 2.00. The minimum atomic E-state index is 0.135. The van der Waals surface area contributed by atoms with E-state index in [2.05, 4.69) is 29.9 Å². The molecule has 0 heterocycles. The topological polar surface area (TPSA) is 43.4 Å². The third kappa shape index (κ3) is 10.7. The quantitative estimate of drug-likeness (QED) is 0.325. The summed E-state index contributed by atoms with van der Waals surface area (Å²) in [4.78, 5) is 21.0. The van der Waals surface area contributed by atoms with Crippen LogP contribution in [0.25, 0.3) is 0 Å². The van der Waals surface area contributed by atoms with Crippen molar-refractivity contribution in [3.63, 3.8) is 0 Å². The van der Waals surface area contributed by atoms with Crippen LogP contribution < -0.4 is 0 Å². The number of carbonyl (C=O) groups excluding carboxylic acids is 2. The summed E-state index contributed by atoms with van der Waals surface area (Å²) in [5.74, 6) is 0.135. The second kappa shape index (κ2) is 11.7. The molecule has 0 bridgehead atoms. The van der Waals surface area contributed by atoms with Gasteiger partial charge in [0.1, 0.15) is 5.78 Å². The van der Waals surface area contributed by atoms with E-state index >= 15 is 0 Å². The number of hydrogen-bond donors (Lipinski definition) is 0.